The molecule has 9 heteroatoms. The van der Waals surface area contributed by atoms with Crippen molar-refractivity contribution in [1.82, 2.24) is 15.0 Å². The van der Waals surface area contributed by atoms with Crippen molar-refractivity contribution in [2.24, 2.45) is 0 Å². The zero-order chi connectivity index (χ0) is 19.8. The van der Waals surface area contributed by atoms with Gasteiger partial charge < -0.3 is 9.82 Å². The van der Waals surface area contributed by atoms with Crippen LogP contribution >= 0.6 is 11.6 Å². The van der Waals surface area contributed by atoms with Crippen molar-refractivity contribution in [3.05, 3.63) is 86.8 Å². The molecule has 8 nitrogen and oxygen atoms in total. The monoisotopic (exact) mass is 395 g/mol. The summed E-state index contributed by atoms with van der Waals surface area (Å²) in [5.41, 5.74) is -0.196. The third-order valence-corrected chi connectivity index (χ3v) is 4.25. The van der Waals surface area contributed by atoms with E-state index >= 15 is 0 Å². The van der Waals surface area contributed by atoms with Crippen LogP contribution in [0.25, 0.3) is 11.4 Å². The van der Waals surface area contributed by atoms with E-state index < -0.39 is 23.3 Å². The fraction of sp³-hybridized carbons (Fsp3) is 0. The molecule has 0 unspecified atom stereocenters. The molecule has 0 saturated heterocycles. The highest BCUT2D eigenvalue weighted by Crippen LogP contribution is 2.23. The first-order chi connectivity index (χ1) is 13.4. The molecule has 0 aliphatic carbocycles. The number of hydroxylamine groups is 2. The van der Waals surface area contributed by atoms with Crippen molar-refractivity contribution in [3.63, 3.8) is 0 Å². The number of halogens is 1. The van der Waals surface area contributed by atoms with Crippen molar-refractivity contribution in [2.75, 3.05) is 0 Å². The third kappa shape index (κ3) is 3.06. The van der Waals surface area contributed by atoms with E-state index in [0.717, 1.165) is 6.07 Å². The molecule has 2 aromatic carbocycles. The van der Waals surface area contributed by atoms with Crippen molar-refractivity contribution in [3.8, 4) is 11.4 Å². The quantitative estimate of drug-likeness (QED) is 0.682. The number of nitrogens with zero attached hydrogens (tertiary/aromatic N) is 2. The van der Waals surface area contributed by atoms with E-state index in [0.29, 0.717) is 15.6 Å². The van der Waals surface area contributed by atoms with Gasteiger partial charge in [0.25, 0.3) is 17.4 Å². The van der Waals surface area contributed by atoms with Gasteiger partial charge in [-0.25, -0.2) is 9.78 Å². The average molecular weight is 396 g/mol. The van der Waals surface area contributed by atoms with Gasteiger partial charge in [0.2, 0.25) is 0 Å². The SMILES string of the molecule is O=C(ON1C(=O)c2ccccc2C1=O)c1cc(=O)[nH]c(-c2ccc(Cl)cc2)n1. The largest absolute Gasteiger partial charge is 0.382 e. The van der Waals surface area contributed by atoms with Gasteiger partial charge in [-0.3, -0.25) is 14.4 Å². The Kier molecular flexibility index (Phi) is 4.25. The zero-order valence-corrected chi connectivity index (χ0v) is 14.8. The molecule has 2 amide bonds. The molecule has 2 heterocycles. The molecule has 0 fully saturated rings. The fourth-order valence-corrected chi connectivity index (χ4v) is 2.81. The van der Waals surface area contributed by atoms with E-state index in [-0.39, 0.29) is 22.6 Å². The van der Waals surface area contributed by atoms with Crippen LogP contribution in [0.5, 0.6) is 0 Å². The van der Waals surface area contributed by atoms with Crippen molar-refractivity contribution in [1.29, 1.82) is 0 Å². The lowest BCUT2D eigenvalue weighted by atomic mass is 10.1. The lowest BCUT2D eigenvalue weighted by Gasteiger charge is -2.12. The summed E-state index contributed by atoms with van der Waals surface area (Å²) in [4.78, 5) is 60.4. The van der Waals surface area contributed by atoms with Crippen LogP contribution in [0.2, 0.25) is 5.02 Å². The molecule has 1 N–H and O–H groups in total. The first kappa shape index (κ1) is 17.6. The summed E-state index contributed by atoms with van der Waals surface area (Å²) in [5.74, 6) is -2.54. The predicted octanol–water partition coefficient (Wildman–Crippen LogP) is 2.46. The number of hydrogen-bond acceptors (Lipinski definition) is 6. The minimum absolute atomic E-state index is 0.110. The number of amides is 2. The number of aromatic nitrogens is 2. The van der Waals surface area contributed by atoms with Crippen LogP contribution in [-0.4, -0.2) is 32.8 Å². The van der Waals surface area contributed by atoms with Gasteiger partial charge in [-0.05, 0) is 36.4 Å². The van der Waals surface area contributed by atoms with Gasteiger partial charge in [0.05, 0.1) is 11.1 Å². The predicted molar refractivity (Wildman–Crippen MR) is 97.7 cm³/mol. The topological polar surface area (TPSA) is 109 Å². The number of benzene rings is 2. The lowest BCUT2D eigenvalue weighted by molar-refractivity contribution is -0.0588. The Labute approximate surface area is 162 Å². The Balaban J connectivity index is 1.63. The van der Waals surface area contributed by atoms with Crippen molar-refractivity contribution in [2.45, 2.75) is 0 Å². The molecule has 1 aliphatic heterocycles. The highest BCUT2D eigenvalue weighted by molar-refractivity contribution is 6.30. The number of H-pyrrole nitrogens is 1. The van der Waals surface area contributed by atoms with Crippen LogP contribution in [0.1, 0.15) is 31.2 Å². The number of carbonyl (C=O) groups is 3. The van der Waals surface area contributed by atoms with Crippen LogP contribution in [-0.2, 0) is 4.84 Å². The fourth-order valence-electron chi connectivity index (χ4n) is 2.69. The minimum Gasteiger partial charge on any atom is -0.323 e. The van der Waals surface area contributed by atoms with Crippen molar-refractivity contribution >= 4 is 29.4 Å². The molecular weight excluding hydrogens is 386 g/mol. The van der Waals surface area contributed by atoms with Gasteiger partial charge in [-0.1, -0.05) is 28.8 Å². The Hall–Kier alpha value is -3.78. The van der Waals surface area contributed by atoms with Crippen LogP contribution in [0.3, 0.4) is 0 Å². The first-order valence-corrected chi connectivity index (χ1v) is 8.39. The average Bonchev–Trinajstić information content (AvgIpc) is 2.93. The van der Waals surface area contributed by atoms with E-state index in [1.807, 2.05) is 0 Å². The number of aromatic amines is 1. The van der Waals surface area contributed by atoms with Gasteiger partial charge in [-0.2, -0.15) is 0 Å². The number of fused-ring (bicyclic) bond motifs is 1. The molecule has 0 radical (unpaired) electrons. The molecule has 0 atom stereocenters. The molecule has 1 aromatic heterocycles. The summed E-state index contributed by atoms with van der Waals surface area (Å²) in [7, 11) is 0. The summed E-state index contributed by atoms with van der Waals surface area (Å²) in [6.45, 7) is 0. The third-order valence-electron chi connectivity index (χ3n) is 4.00. The smallest absolute Gasteiger partial charge is 0.323 e. The highest BCUT2D eigenvalue weighted by Gasteiger charge is 2.39. The standard InChI is InChI=1S/C19H10ClN3O5/c20-11-7-5-10(6-8-11)16-21-14(9-15(24)22-16)19(27)28-23-17(25)12-3-1-2-4-13(12)18(23)26/h1-9H,(H,21,22,24). The van der Waals surface area contributed by atoms with E-state index in [4.69, 9.17) is 16.4 Å². The molecule has 1 aliphatic rings. The first-order valence-electron chi connectivity index (χ1n) is 8.01. The molecule has 0 bridgehead atoms. The number of carbonyl (C=O) groups excluding carboxylic acids is 3. The minimum atomic E-state index is -1.11. The second-order valence-electron chi connectivity index (χ2n) is 5.82. The maximum Gasteiger partial charge on any atom is 0.382 e. The maximum absolute atomic E-state index is 12.4. The van der Waals surface area contributed by atoms with Crippen LogP contribution in [0.4, 0.5) is 0 Å². The van der Waals surface area contributed by atoms with Gasteiger partial charge >= 0.3 is 5.97 Å². The van der Waals surface area contributed by atoms with E-state index in [1.165, 1.54) is 12.1 Å². The van der Waals surface area contributed by atoms with Gasteiger partial charge in [0.15, 0.2) is 5.69 Å². The Morgan fingerprint density at radius 1 is 0.964 bits per heavy atom. The Morgan fingerprint density at radius 3 is 2.18 bits per heavy atom. The molecule has 28 heavy (non-hydrogen) atoms. The molecular formula is C19H10ClN3O5. The summed E-state index contributed by atoms with van der Waals surface area (Å²) in [6, 6.07) is 13.4. The van der Waals surface area contributed by atoms with Gasteiger partial charge in [0, 0.05) is 16.7 Å². The molecule has 138 valence electrons. The Morgan fingerprint density at radius 2 is 1.57 bits per heavy atom. The van der Waals surface area contributed by atoms with Crippen molar-refractivity contribution < 1.29 is 19.2 Å². The van der Waals surface area contributed by atoms with Crippen LogP contribution < -0.4 is 5.56 Å². The van der Waals surface area contributed by atoms with Crippen LogP contribution in [0.15, 0.2) is 59.4 Å². The zero-order valence-electron chi connectivity index (χ0n) is 14.0. The molecule has 0 spiro atoms. The summed E-state index contributed by atoms with van der Waals surface area (Å²) < 4.78 is 0. The molecule has 0 saturated carbocycles. The van der Waals surface area contributed by atoms with Gasteiger partial charge in [0.1, 0.15) is 5.82 Å². The second kappa shape index (κ2) is 6.75. The van der Waals surface area contributed by atoms with E-state index in [9.17, 15) is 19.2 Å². The maximum atomic E-state index is 12.4. The number of rotatable bonds is 3. The summed E-state index contributed by atoms with van der Waals surface area (Å²) >= 11 is 5.84. The number of imide groups is 1. The van der Waals surface area contributed by atoms with E-state index in [2.05, 4.69) is 9.97 Å². The summed E-state index contributed by atoms with van der Waals surface area (Å²) in [6.07, 6.45) is 0. The lowest BCUT2D eigenvalue weighted by Crippen LogP contribution is -2.33. The second-order valence-corrected chi connectivity index (χ2v) is 6.25. The normalized spacial score (nSPS) is 12.8. The highest BCUT2D eigenvalue weighted by atomic mass is 35.5. The van der Waals surface area contributed by atoms with E-state index in [1.54, 1.807) is 36.4 Å². The Bertz CT molecular complexity index is 1150. The molecule has 3 aromatic rings. The number of hydrogen-bond donors (Lipinski definition) is 1. The summed E-state index contributed by atoms with van der Waals surface area (Å²) in [5, 5.41) is 0.852. The number of nitrogens with one attached hydrogen (secondary N) is 1. The van der Waals surface area contributed by atoms with Crippen LogP contribution in [0, 0.1) is 0 Å². The van der Waals surface area contributed by atoms with Gasteiger partial charge in [-0.15, -0.1) is 0 Å². The molecule has 4 rings (SSSR count).